The highest BCUT2D eigenvalue weighted by Gasteiger charge is 2.11. The summed E-state index contributed by atoms with van der Waals surface area (Å²) < 4.78 is 31.1. The molecule has 94 valence electrons. The lowest BCUT2D eigenvalue weighted by molar-refractivity contribution is -0.115. The maximum Gasteiger partial charge on any atom is 0.238 e. The van der Waals surface area contributed by atoms with Crippen LogP contribution >= 0.6 is 0 Å². The quantitative estimate of drug-likeness (QED) is 0.738. The molecule has 1 amide bonds. The number of halogens is 2. The molecule has 4 nitrogen and oxygen atoms in total. The van der Waals surface area contributed by atoms with E-state index in [2.05, 4.69) is 10.6 Å². The maximum absolute atomic E-state index is 13.2. The van der Waals surface area contributed by atoms with Crippen LogP contribution in [0, 0.1) is 11.6 Å². The molecule has 0 aromatic heterocycles. The van der Waals surface area contributed by atoms with E-state index in [0.29, 0.717) is 13.2 Å². The van der Waals surface area contributed by atoms with E-state index in [9.17, 15) is 13.6 Å². The van der Waals surface area contributed by atoms with Crippen molar-refractivity contribution in [1.82, 2.24) is 5.32 Å². The Morgan fingerprint density at radius 2 is 2.00 bits per heavy atom. The predicted octanol–water partition coefficient (Wildman–Crippen LogP) is 1.14. The van der Waals surface area contributed by atoms with E-state index in [4.69, 9.17) is 4.74 Å². The molecule has 1 aromatic rings. The van der Waals surface area contributed by atoms with E-state index < -0.39 is 23.2 Å². The molecule has 6 heteroatoms. The number of para-hydroxylation sites is 1. The highest BCUT2D eigenvalue weighted by molar-refractivity contribution is 5.92. The van der Waals surface area contributed by atoms with Gasteiger partial charge in [-0.1, -0.05) is 6.07 Å². The molecule has 0 radical (unpaired) electrons. The van der Waals surface area contributed by atoms with Gasteiger partial charge in [-0.15, -0.1) is 0 Å². The fraction of sp³-hybridized carbons (Fsp3) is 0.364. The molecule has 0 saturated carbocycles. The van der Waals surface area contributed by atoms with Crippen molar-refractivity contribution in [2.24, 2.45) is 0 Å². The van der Waals surface area contributed by atoms with Crippen LogP contribution in [0.15, 0.2) is 18.2 Å². The highest BCUT2D eigenvalue weighted by atomic mass is 19.1. The Hall–Kier alpha value is -1.53. The second-order valence-corrected chi connectivity index (χ2v) is 3.31. The third-order valence-corrected chi connectivity index (χ3v) is 2.00. The second kappa shape index (κ2) is 6.93. The van der Waals surface area contributed by atoms with Crippen molar-refractivity contribution in [3.63, 3.8) is 0 Å². The number of ether oxygens (including phenoxy) is 1. The van der Waals surface area contributed by atoms with Gasteiger partial charge in [-0.3, -0.25) is 4.79 Å². The summed E-state index contributed by atoms with van der Waals surface area (Å²) >= 11 is 0. The van der Waals surface area contributed by atoms with Gasteiger partial charge in [0.15, 0.2) is 0 Å². The molecule has 0 fully saturated rings. The summed E-state index contributed by atoms with van der Waals surface area (Å²) in [7, 11) is 1.54. The molecular weight excluding hydrogens is 230 g/mol. The van der Waals surface area contributed by atoms with Gasteiger partial charge in [0.25, 0.3) is 0 Å². The van der Waals surface area contributed by atoms with Crippen molar-refractivity contribution >= 4 is 11.6 Å². The lowest BCUT2D eigenvalue weighted by Crippen LogP contribution is -2.30. The van der Waals surface area contributed by atoms with E-state index in [-0.39, 0.29) is 6.54 Å². The van der Waals surface area contributed by atoms with Crippen LogP contribution in [0.2, 0.25) is 0 Å². The molecule has 1 aromatic carbocycles. The molecule has 0 unspecified atom stereocenters. The van der Waals surface area contributed by atoms with Crippen molar-refractivity contribution in [3.05, 3.63) is 29.8 Å². The Balaban J connectivity index is 2.45. The molecule has 2 N–H and O–H groups in total. The molecule has 0 aliphatic carbocycles. The number of nitrogens with one attached hydrogen (secondary N) is 2. The van der Waals surface area contributed by atoms with Gasteiger partial charge in [0, 0.05) is 13.7 Å². The van der Waals surface area contributed by atoms with Crippen LogP contribution in [0.5, 0.6) is 0 Å². The summed E-state index contributed by atoms with van der Waals surface area (Å²) in [6.45, 7) is 0.919. The van der Waals surface area contributed by atoms with Gasteiger partial charge in [0.1, 0.15) is 17.3 Å². The van der Waals surface area contributed by atoms with Crippen LogP contribution < -0.4 is 10.6 Å². The zero-order valence-corrected chi connectivity index (χ0v) is 9.43. The fourth-order valence-corrected chi connectivity index (χ4v) is 1.18. The zero-order chi connectivity index (χ0) is 12.7. The van der Waals surface area contributed by atoms with Crippen molar-refractivity contribution in [1.29, 1.82) is 0 Å². The third kappa shape index (κ3) is 4.46. The zero-order valence-electron chi connectivity index (χ0n) is 9.43. The van der Waals surface area contributed by atoms with Gasteiger partial charge in [-0.25, -0.2) is 8.78 Å². The number of benzene rings is 1. The fourth-order valence-electron chi connectivity index (χ4n) is 1.18. The first-order chi connectivity index (χ1) is 8.15. The number of amides is 1. The minimum atomic E-state index is -0.796. The average molecular weight is 244 g/mol. The third-order valence-electron chi connectivity index (χ3n) is 2.00. The molecular formula is C11H14F2N2O2. The summed E-state index contributed by atoms with van der Waals surface area (Å²) in [5, 5.41) is 4.93. The molecule has 0 aliphatic rings. The Morgan fingerprint density at radius 1 is 1.35 bits per heavy atom. The summed E-state index contributed by atoms with van der Waals surface area (Å²) in [6.07, 6.45) is 0. The van der Waals surface area contributed by atoms with Gasteiger partial charge < -0.3 is 15.4 Å². The van der Waals surface area contributed by atoms with Gasteiger partial charge in [-0.05, 0) is 12.1 Å². The normalized spacial score (nSPS) is 10.3. The van der Waals surface area contributed by atoms with Crippen molar-refractivity contribution < 1.29 is 18.3 Å². The smallest absolute Gasteiger partial charge is 0.238 e. The highest BCUT2D eigenvalue weighted by Crippen LogP contribution is 2.17. The van der Waals surface area contributed by atoms with Crippen LogP contribution in [0.3, 0.4) is 0 Å². The molecule has 17 heavy (non-hydrogen) atoms. The monoisotopic (exact) mass is 244 g/mol. The second-order valence-electron chi connectivity index (χ2n) is 3.31. The van der Waals surface area contributed by atoms with Crippen molar-refractivity contribution in [2.45, 2.75) is 0 Å². The maximum atomic E-state index is 13.2. The van der Waals surface area contributed by atoms with Crippen LogP contribution in [0.1, 0.15) is 0 Å². The predicted molar refractivity (Wildman–Crippen MR) is 59.7 cm³/mol. The number of hydrogen-bond donors (Lipinski definition) is 2. The van der Waals surface area contributed by atoms with Crippen LogP contribution in [0.25, 0.3) is 0 Å². The first kappa shape index (κ1) is 13.5. The van der Waals surface area contributed by atoms with Crippen molar-refractivity contribution in [2.75, 3.05) is 32.1 Å². The molecule has 0 bridgehead atoms. The van der Waals surface area contributed by atoms with Crippen LogP contribution in [0.4, 0.5) is 14.5 Å². The summed E-state index contributed by atoms with van der Waals surface area (Å²) in [5.41, 5.74) is -0.425. The van der Waals surface area contributed by atoms with E-state index in [1.54, 1.807) is 0 Å². The largest absolute Gasteiger partial charge is 0.383 e. The SMILES string of the molecule is COCCNCC(=O)Nc1c(F)cccc1F. The lowest BCUT2D eigenvalue weighted by Gasteiger charge is -2.08. The first-order valence-corrected chi connectivity index (χ1v) is 5.08. The summed E-state index contributed by atoms with van der Waals surface area (Å²) in [4.78, 5) is 11.3. The number of carbonyl (C=O) groups is 1. The van der Waals surface area contributed by atoms with Gasteiger partial charge >= 0.3 is 0 Å². The molecule has 0 atom stereocenters. The Morgan fingerprint density at radius 3 is 2.59 bits per heavy atom. The van der Waals surface area contributed by atoms with E-state index >= 15 is 0 Å². The first-order valence-electron chi connectivity index (χ1n) is 5.08. The minimum absolute atomic E-state index is 0.0306. The molecule has 0 heterocycles. The molecule has 0 saturated heterocycles. The topological polar surface area (TPSA) is 50.4 Å². The number of anilines is 1. The summed E-state index contributed by atoms with van der Waals surface area (Å²) in [6, 6.07) is 3.39. The number of methoxy groups -OCH3 is 1. The number of carbonyl (C=O) groups excluding carboxylic acids is 1. The van der Waals surface area contributed by atoms with Gasteiger partial charge in [0.2, 0.25) is 5.91 Å². The van der Waals surface area contributed by atoms with Crippen molar-refractivity contribution in [3.8, 4) is 0 Å². The average Bonchev–Trinajstić information content (AvgIpc) is 2.30. The van der Waals surface area contributed by atoms with E-state index in [1.807, 2.05) is 0 Å². The molecule has 0 spiro atoms. The standard InChI is InChI=1S/C11H14F2N2O2/c1-17-6-5-14-7-10(16)15-11-8(12)3-2-4-9(11)13/h2-4,14H,5-7H2,1H3,(H,15,16). The Bertz CT molecular complexity index is 365. The number of hydrogen-bond acceptors (Lipinski definition) is 3. The van der Waals surface area contributed by atoms with Crippen LogP contribution in [-0.4, -0.2) is 32.7 Å². The Kier molecular flexibility index (Phi) is 5.51. The van der Waals surface area contributed by atoms with Crippen LogP contribution in [-0.2, 0) is 9.53 Å². The van der Waals surface area contributed by atoms with E-state index in [0.717, 1.165) is 12.1 Å². The van der Waals surface area contributed by atoms with Gasteiger partial charge in [0.05, 0.1) is 13.2 Å². The number of rotatable bonds is 6. The van der Waals surface area contributed by atoms with E-state index in [1.165, 1.54) is 13.2 Å². The lowest BCUT2D eigenvalue weighted by atomic mass is 10.3. The minimum Gasteiger partial charge on any atom is -0.383 e. The molecule has 0 aliphatic heterocycles. The summed E-state index contributed by atoms with van der Waals surface area (Å²) in [5.74, 6) is -2.10. The molecule has 1 rings (SSSR count). The Labute approximate surface area is 98.0 Å². The van der Waals surface area contributed by atoms with Gasteiger partial charge in [-0.2, -0.15) is 0 Å².